The predicted molar refractivity (Wildman–Crippen MR) is 129 cm³/mol. The van der Waals surface area contributed by atoms with Crippen LogP contribution in [0.2, 0.25) is 0 Å². The van der Waals surface area contributed by atoms with Crippen molar-refractivity contribution in [2.24, 2.45) is 0 Å². The van der Waals surface area contributed by atoms with E-state index < -0.39 is 21.7 Å². The first-order valence-corrected chi connectivity index (χ1v) is 12.8. The largest absolute Gasteiger partial charge is 0.381 e. The fraction of sp³-hybridized carbons (Fsp3) is 0.231. The summed E-state index contributed by atoms with van der Waals surface area (Å²) < 4.78 is 47.2. The summed E-state index contributed by atoms with van der Waals surface area (Å²) in [6, 6.07) is 14.6. The van der Waals surface area contributed by atoms with Crippen LogP contribution in [0.15, 0.2) is 78.1 Å². The molecule has 1 saturated heterocycles. The Kier molecular flexibility index (Phi) is 6.36. The Bertz CT molecular complexity index is 1480. The number of halogens is 1. The Labute approximate surface area is 202 Å². The summed E-state index contributed by atoms with van der Waals surface area (Å²) in [5.41, 5.74) is 2.46. The lowest BCUT2D eigenvalue weighted by Gasteiger charge is -2.21. The van der Waals surface area contributed by atoms with E-state index in [1.54, 1.807) is 12.3 Å². The number of amides is 1. The van der Waals surface area contributed by atoms with Crippen LogP contribution in [0.1, 0.15) is 40.2 Å². The van der Waals surface area contributed by atoms with Gasteiger partial charge in [-0.1, -0.05) is 18.2 Å². The molecule has 1 aliphatic rings. The van der Waals surface area contributed by atoms with E-state index in [0.29, 0.717) is 29.9 Å². The molecule has 5 rings (SSSR count). The molecule has 2 aromatic heterocycles. The third-order valence-electron chi connectivity index (χ3n) is 6.26. The van der Waals surface area contributed by atoms with Crippen molar-refractivity contribution in [3.8, 4) is 0 Å². The summed E-state index contributed by atoms with van der Waals surface area (Å²) >= 11 is 0. The maximum absolute atomic E-state index is 13.6. The van der Waals surface area contributed by atoms with E-state index in [4.69, 9.17) is 4.74 Å². The SMILES string of the molecule is O=C(NCc1cncc(F)c1)c1ccc(S(=O)(=O)n2cc(C3CCOCC3)c3ccccc32)cc1. The van der Waals surface area contributed by atoms with E-state index in [0.717, 1.165) is 30.0 Å². The van der Waals surface area contributed by atoms with Gasteiger partial charge in [-0.05, 0) is 66.3 Å². The second-order valence-electron chi connectivity index (χ2n) is 8.51. The summed E-state index contributed by atoms with van der Waals surface area (Å²) in [5, 5.41) is 3.61. The standard InChI is InChI=1S/C26H24FN3O4S/c27-21-13-18(14-28-16-21)15-29-26(31)20-5-7-22(8-6-20)35(32,33)30-17-24(19-9-11-34-12-10-19)23-3-1-2-4-25(23)30/h1-8,13-14,16-17,19H,9-12,15H2,(H,29,31). The minimum Gasteiger partial charge on any atom is -0.381 e. The number of benzene rings is 2. The molecule has 9 heteroatoms. The molecular weight excluding hydrogens is 469 g/mol. The number of pyridine rings is 1. The van der Waals surface area contributed by atoms with Crippen LogP contribution in [-0.2, 0) is 21.3 Å². The Morgan fingerprint density at radius 2 is 1.83 bits per heavy atom. The van der Waals surface area contributed by atoms with Crippen molar-refractivity contribution in [1.29, 1.82) is 0 Å². The average molecular weight is 494 g/mol. The predicted octanol–water partition coefficient (Wildman–Crippen LogP) is 4.24. The van der Waals surface area contributed by atoms with Gasteiger partial charge in [0.15, 0.2) is 0 Å². The number of hydrogen-bond donors (Lipinski definition) is 1. The third-order valence-corrected chi connectivity index (χ3v) is 7.95. The van der Waals surface area contributed by atoms with Gasteiger partial charge in [0, 0.05) is 43.1 Å². The summed E-state index contributed by atoms with van der Waals surface area (Å²) in [6.45, 7) is 1.43. The van der Waals surface area contributed by atoms with E-state index in [2.05, 4.69) is 10.3 Å². The lowest BCUT2D eigenvalue weighted by atomic mass is 9.91. The fourth-order valence-corrected chi connectivity index (χ4v) is 5.81. The van der Waals surface area contributed by atoms with Crippen molar-refractivity contribution in [3.05, 3.63) is 95.7 Å². The first-order chi connectivity index (χ1) is 16.9. The molecule has 1 amide bonds. The lowest BCUT2D eigenvalue weighted by Crippen LogP contribution is -2.23. The number of carbonyl (C=O) groups is 1. The first-order valence-electron chi connectivity index (χ1n) is 11.3. The number of nitrogens with one attached hydrogen (secondary N) is 1. The zero-order valence-electron chi connectivity index (χ0n) is 18.9. The number of fused-ring (bicyclic) bond motifs is 1. The van der Waals surface area contributed by atoms with Crippen LogP contribution in [0.5, 0.6) is 0 Å². The molecular formula is C26H24FN3O4S. The van der Waals surface area contributed by atoms with Gasteiger partial charge in [0.05, 0.1) is 16.6 Å². The van der Waals surface area contributed by atoms with Gasteiger partial charge in [0.2, 0.25) is 0 Å². The Hall–Kier alpha value is -3.56. The number of nitrogens with zero attached hydrogens (tertiary/aromatic N) is 2. The highest BCUT2D eigenvalue weighted by atomic mass is 32.2. The van der Waals surface area contributed by atoms with Crippen molar-refractivity contribution in [1.82, 2.24) is 14.3 Å². The maximum Gasteiger partial charge on any atom is 0.268 e. The van der Waals surface area contributed by atoms with Crippen molar-refractivity contribution in [2.75, 3.05) is 13.2 Å². The molecule has 0 atom stereocenters. The third kappa shape index (κ3) is 4.69. The zero-order valence-corrected chi connectivity index (χ0v) is 19.7. The second kappa shape index (κ2) is 9.59. The normalized spacial score (nSPS) is 14.8. The fourth-order valence-electron chi connectivity index (χ4n) is 4.44. The van der Waals surface area contributed by atoms with E-state index in [1.165, 1.54) is 40.5 Å². The van der Waals surface area contributed by atoms with E-state index >= 15 is 0 Å². The van der Waals surface area contributed by atoms with Gasteiger partial charge >= 0.3 is 0 Å². The van der Waals surface area contributed by atoms with Crippen LogP contribution in [0.3, 0.4) is 0 Å². The molecule has 3 heterocycles. The Balaban J connectivity index is 1.40. The van der Waals surface area contributed by atoms with Crippen LogP contribution in [-0.4, -0.2) is 36.5 Å². The topological polar surface area (TPSA) is 90.3 Å². The molecule has 4 aromatic rings. The maximum atomic E-state index is 13.6. The van der Waals surface area contributed by atoms with Crippen molar-refractivity contribution >= 4 is 26.8 Å². The molecule has 180 valence electrons. The van der Waals surface area contributed by atoms with Crippen LogP contribution < -0.4 is 5.32 Å². The molecule has 0 saturated carbocycles. The van der Waals surface area contributed by atoms with Crippen molar-refractivity contribution in [3.63, 3.8) is 0 Å². The number of aromatic nitrogens is 2. The minimum absolute atomic E-state index is 0.0858. The minimum atomic E-state index is -3.88. The molecule has 0 radical (unpaired) electrons. The van der Waals surface area contributed by atoms with Crippen molar-refractivity contribution < 1.29 is 22.3 Å². The molecule has 2 aromatic carbocycles. The highest BCUT2D eigenvalue weighted by Gasteiger charge is 2.25. The Morgan fingerprint density at radius 3 is 2.57 bits per heavy atom. The number of ether oxygens (including phenoxy) is 1. The molecule has 35 heavy (non-hydrogen) atoms. The second-order valence-corrected chi connectivity index (χ2v) is 10.3. The molecule has 1 aliphatic heterocycles. The molecule has 0 spiro atoms. The smallest absolute Gasteiger partial charge is 0.268 e. The number of carbonyl (C=O) groups excluding carboxylic acids is 1. The van der Waals surface area contributed by atoms with Gasteiger partial charge in [-0.2, -0.15) is 0 Å². The van der Waals surface area contributed by atoms with Gasteiger partial charge < -0.3 is 10.1 Å². The van der Waals surface area contributed by atoms with E-state index in [-0.39, 0.29) is 17.4 Å². The highest BCUT2D eigenvalue weighted by Crippen LogP contribution is 2.35. The number of rotatable bonds is 6. The van der Waals surface area contributed by atoms with Gasteiger partial charge in [-0.15, -0.1) is 0 Å². The Morgan fingerprint density at radius 1 is 1.09 bits per heavy atom. The molecule has 7 nitrogen and oxygen atoms in total. The quantitative estimate of drug-likeness (QED) is 0.434. The van der Waals surface area contributed by atoms with E-state index in [9.17, 15) is 17.6 Å². The van der Waals surface area contributed by atoms with Crippen LogP contribution >= 0.6 is 0 Å². The molecule has 0 aliphatic carbocycles. The molecule has 1 N–H and O–H groups in total. The van der Waals surface area contributed by atoms with Gasteiger partial charge in [0.25, 0.3) is 15.9 Å². The van der Waals surface area contributed by atoms with E-state index in [1.807, 2.05) is 18.2 Å². The molecule has 0 unspecified atom stereocenters. The number of hydrogen-bond acceptors (Lipinski definition) is 5. The van der Waals surface area contributed by atoms with Gasteiger partial charge in [0.1, 0.15) is 5.82 Å². The van der Waals surface area contributed by atoms with Crippen molar-refractivity contribution in [2.45, 2.75) is 30.2 Å². The highest BCUT2D eigenvalue weighted by molar-refractivity contribution is 7.90. The monoisotopic (exact) mass is 493 g/mol. The number of para-hydroxylation sites is 1. The average Bonchev–Trinajstić information content (AvgIpc) is 3.29. The van der Waals surface area contributed by atoms with Gasteiger partial charge in [-0.25, -0.2) is 16.8 Å². The molecule has 0 bridgehead atoms. The zero-order chi connectivity index (χ0) is 24.4. The van der Waals surface area contributed by atoms with Crippen LogP contribution in [0, 0.1) is 5.82 Å². The lowest BCUT2D eigenvalue weighted by molar-refractivity contribution is 0.0856. The molecule has 1 fully saturated rings. The van der Waals surface area contributed by atoms with Gasteiger partial charge in [-0.3, -0.25) is 9.78 Å². The van der Waals surface area contributed by atoms with Crippen LogP contribution in [0.4, 0.5) is 4.39 Å². The summed E-state index contributed by atoms with van der Waals surface area (Å²) in [7, 11) is -3.88. The summed E-state index contributed by atoms with van der Waals surface area (Å²) in [6.07, 6.45) is 5.98. The summed E-state index contributed by atoms with van der Waals surface area (Å²) in [5.74, 6) is -0.639. The first kappa shape index (κ1) is 23.2. The van der Waals surface area contributed by atoms with Crippen LogP contribution in [0.25, 0.3) is 10.9 Å². The summed E-state index contributed by atoms with van der Waals surface area (Å²) in [4.78, 5) is 16.3.